The molecule has 0 saturated carbocycles. The Bertz CT molecular complexity index is 3100. The molecule has 0 spiro atoms. The van der Waals surface area contributed by atoms with Crippen LogP contribution < -0.4 is 0 Å². The summed E-state index contributed by atoms with van der Waals surface area (Å²) in [5.41, 5.74) is 4.77. The van der Waals surface area contributed by atoms with Crippen LogP contribution in [0.1, 0.15) is 0 Å². The van der Waals surface area contributed by atoms with Crippen molar-refractivity contribution in [3.8, 4) is 22.5 Å². The zero-order chi connectivity index (χ0) is 31.3. The molecule has 11 rings (SSSR count). The molecule has 0 atom stereocenters. The molecule has 0 radical (unpaired) electrons. The molecule has 11 aromatic rings. The molecule has 3 heterocycles. The van der Waals surface area contributed by atoms with Gasteiger partial charge in [0.2, 0.25) is 0 Å². The fraction of sp³-hybridized carbons (Fsp3) is 0. The van der Waals surface area contributed by atoms with E-state index >= 15 is 0 Å². The molecule has 0 aliphatic rings. The van der Waals surface area contributed by atoms with Gasteiger partial charge in [-0.2, -0.15) is 0 Å². The number of nitrogens with zero attached hydrogens (tertiary/aromatic N) is 4. The number of hydrogen-bond donors (Lipinski definition) is 0. The van der Waals surface area contributed by atoms with Gasteiger partial charge in [-0.15, -0.1) is 0 Å². The van der Waals surface area contributed by atoms with Crippen molar-refractivity contribution in [1.82, 2.24) is 19.9 Å². The predicted octanol–water partition coefficient (Wildman–Crippen LogP) is 11.3. The highest BCUT2D eigenvalue weighted by atomic mass is 14.9. The second-order valence-electron chi connectivity index (χ2n) is 12.7. The van der Waals surface area contributed by atoms with Crippen LogP contribution in [0.4, 0.5) is 0 Å². The molecule has 0 N–H and O–H groups in total. The molecule has 0 unspecified atom stereocenters. The van der Waals surface area contributed by atoms with Crippen LogP contribution in [0.15, 0.2) is 146 Å². The van der Waals surface area contributed by atoms with Crippen LogP contribution in [0.5, 0.6) is 0 Å². The highest BCUT2D eigenvalue weighted by molar-refractivity contribution is 6.37. The molecule has 0 aliphatic carbocycles. The number of hydrogen-bond acceptors (Lipinski definition) is 4. The molecule has 0 saturated heterocycles. The Balaban J connectivity index is 1.21. The van der Waals surface area contributed by atoms with E-state index in [0.717, 1.165) is 38.5 Å². The zero-order valence-electron chi connectivity index (χ0n) is 25.6. The summed E-state index contributed by atoms with van der Waals surface area (Å²) in [6.07, 6.45) is 7.52. The summed E-state index contributed by atoms with van der Waals surface area (Å²) < 4.78 is 0. The Kier molecular flexibility index (Phi) is 5.08. The lowest BCUT2D eigenvalue weighted by molar-refractivity contribution is 1.18. The quantitative estimate of drug-likeness (QED) is 0.183. The fourth-order valence-corrected chi connectivity index (χ4v) is 8.04. The SMILES string of the molecule is c1cnc2c(c1)cc(-c1cnc(-c3cc4ccc5cccc6c7cccc8ccc9cccc(c(c3)c4c56)c9c87)nc1)c1cccnc12. The maximum atomic E-state index is 4.99. The molecule has 0 amide bonds. The van der Waals surface area contributed by atoms with E-state index in [4.69, 9.17) is 15.0 Å². The maximum absolute atomic E-state index is 4.99. The first kappa shape index (κ1) is 25.6. The molecule has 0 bridgehead atoms. The Hall–Kier alpha value is -6.52. The summed E-state index contributed by atoms with van der Waals surface area (Å²) in [5, 5.41) is 17.1. The van der Waals surface area contributed by atoms with Gasteiger partial charge in [0.25, 0.3) is 0 Å². The van der Waals surface area contributed by atoms with Crippen molar-refractivity contribution in [2.24, 2.45) is 0 Å². The maximum Gasteiger partial charge on any atom is 0.159 e. The lowest BCUT2D eigenvalue weighted by Gasteiger charge is -2.16. The Morgan fingerprint density at radius 1 is 0.333 bits per heavy atom. The van der Waals surface area contributed by atoms with Crippen LogP contribution in [-0.2, 0) is 0 Å². The van der Waals surface area contributed by atoms with Crippen LogP contribution >= 0.6 is 0 Å². The van der Waals surface area contributed by atoms with Gasteiger partial charge < -0.3 is 0 Å². The van der Waals surface area contributed by atoms with Gasteiger partial charge in [-0.25, -0.2) is 9.97 Å². The van der Waals surface area contributed by atoms with E-state index in [1.165, 1.54) is 64.6 Å². The summed E-state index contributed by atoms with van der Waals surface area (Å²) in [7, 11) is 0. The third-order valence-electron chi connectivity index (χ3n) is 10.1. The largest absolute Gasteiger partial charge is 0.254 e. The summed E-state index contributed by atoms with van der Waals surface area (Å²) in [4.78, 5) is 19.3. The Morgan fingerprint density at radius 2 is 0.854 bits per heavy atom. The number of rotatable bonds is 2. The first-order valence-electron chi connectivity index (χ1n) is 16.2. The molecule has 220 valence electrons. The van der Waals surface area contributed by atoms with E-state index in [1.807, 2.05) is 36.9 Å². The van der Waals surface area contributed by atoms with Gasteiger partial charge in [-0.05, 0) is 101 Å². The van der Waals surface area contributed by atoms with E-state index in [9.17, 15) is 0 Å². The van der Waals surface area contributed by atoms with Gasteiger partial charge in [0.1, 0.15) is 0 Å². The molecule has 4 nitrogen and oxygen atoms in total. The van der Waals surface area contributed by atoms with Gasteiger partial charge in [-0.1, -0.05) is 91.0 Å². The second-order valence-corrected chi connectivity index (χ2v) is 12.7. The normalized spacial score (nSPS) is 12.2. The first-order chi connectivity index (χ1) is 23.8. The van der Waals surface area contributed by atoms with Crippen molar-refractivity contribution in [2.45, 2.75) is 0 Å². The summed E-state index contributed by atoms with van der Waals surface area (Å²) in [6, 6.07) is 43.9. The Morgan fingerprint density at radius 3 is 1.52 bits per heavy atom. The molecule has 0 aliphatic heterocycles. The van der Waals surface area contributed by atoms with Crippen LogP contribution in [-0.4, -0.2) is 19.9 Å². The van der Waals surface area contributed by atoms with E-state index in [2.05, 4.69) is 114 Å². The molecule has 8 aromatic carbocycles. The van der Waals surface area contributed by atoms with Gasteiger partial charge in [0.15, 0.2) is 5.82 Å². The average molecular weight is 609 g/mol. The zero-order valence-corrected chi connectivity index (χ0v) is 25.6. The van der Waals surface area contributed by atoms with E-state index in [1.54, 1.807) is 0 Å². The number of benzene rings is 7. The van der Waals surface area contributed by atoms with Crippen molar-refractivity contribution >= 4 is 86.4 Å². The van der Waals surface area contributed by atoms with E-state index in [0.29, 0.717) is 5.82 Å². The second kappa shape index (κ2) is 9.50. The minimum absolute atomic E-state index is 0.697. The van der Waals surface area contributed by atoms with Gasteiger partial charge in [0, 0.05) is 46.7 Å². The lowest BCUT2D eigenvalue weighted by Crippen LogP contribution is -1.93. The van der Waals surface area contributed by atoms with E-state index < -0.39 is 0 Å². The van der Waals surface area contributed by atoms with Crippen molar-refractivity contribution in [2.75, 3.05) is 0 Å². The minimum Gasteiger partial charge on any atom is -0.254 e. The summed E-state index contributed by atoms with van der Waals surface area (Å²) in [6.45, 7) is 0. The predicted molar refractivity (Wildman–Crippen MR) is 200 cm³/mol. The topological polar surface area (TPSA) is 51.6 Å². The monoisotopic (exact) mass is 608 g/mol. The average Bonchev–Trinajstić information content (AvgIpc) is 3.15. The first-order valence-corrected chi connectivity index (χ1v) is 16.2. The Labute approximate surface area is 274 Å². The highest BCUT2D eigenvalue weighted by Crippen LogP contribution is 2.44. The third kappa shape index (κ3) is 3.49. The smallest absolute Gasteiger partial charge is 0.159 e. The molecular weight excluding hydrogens is 585 g/mol. The van der Waals surface area contributed by atoms with E-state index in [-0.39, 0.29) is 0 Å². The van der Waals surface area contributed by atoms with Gasteiger partial charge in [-0.3, -0.25) is 9.97 Å². The third-order valence-corrected chi connectivity index (χ3v) is 10.1. The van der Waals surface area contributed by atoms with Crippen molar-refractivity contribution in [3.63, 3.8) is 0 Å². The molecular formula is C44H24N4. The van der Waals surface area contributed by atoms with Crippen molar-refractivity contribution < 1.29 is 0 Å². The molecule has 3 aromatic heterocycles. The van der Waals surface area contributed by atoms with Crippen LogP contribution in [0.25, 0.3) is 109 Å². The van der Waals surface area contributed by atoms with Crippen molar-refractivity contribution in [3.05, 3.63) is 146 Å². The lowest BCUT2D eigenvalue weighted by atomic mass is 9.87. The molecule has 48 heavy (non-hydrogen) atoms. The van der Waals surface area contributed by atoms with Crippen LogP contribution in [0.2, 0.25) is 0 Å². The number of fused-ring (bicyclic) bond motifs is 5. The summed E-state index contributed by atoms with van der Waals surface area (Å²) >= 11 is 0. The highest BCUT2D eigenvalue weighted by Gasteiger charge is 2.17. The van der Waals surface area contributed by atoms with Crippen molar-refractivity contribution in [1.29, 1.82) is 0 Å². The van der Waals surface area contributed by atoms with Crippen LogP contribution in [0.3, 0.4) is 0 Å². The van der Waals surface area contributed by atoms with Gasteiger partial charge in [0.05, 0.1) is 11.0 Å². The van der Waals surface area contributed by atoms with Gasteiger partial charge >= 0.3 is 0 Å². The summed E-state index contributed by atoms with van der Waals surface area (Å²) in [5.74, 6) is 0.697. The minimum atomic E-state index is 0.697. The standard InChI is InChI=1S/C44H24N4/c1-6-25-14-15-26-8-3-12-34-37-22-30(20-28-17-16-27-7-2-11-33(39(27)41(28)37)32(10-1)38(25)40(26)34)44-47-23-31(24-48-44)36-21-29-9-4-18-45-42(29)43-35(36)13-5-19-46-43/h1-24H. The number of aromatic nitrogens is 4. The van der Waals surface area contributed by atoms with Crippen LogP contribution in [0, 0.1) is 0 Å². The fourth-order valence-electron chi connectivity index (χ4n) is 8.04. The number of pyridine rings is 2. The molecule has 4 heteroatoms. The molecule has 0 fully saturated rings.